The third-order valence-electron chi connectivity index (χ3n) is 4.71. The van der Waals surface area contributed by atoms with Gasteiger partial charge < -0.3 is 18.9 Å². The molecule has 8 heteroatoms. The summed E-state index contributed by atoms with van der Waals surface area (Å²) in [4.78, 5) is 40.5. The van der Waals surface area contributed by atoms with Gasteiger partial charge in [-0.25, -0.2) is 14.6 Å². The predicted octanol–water partition coefficient (Wildman–Crippen LogP) is 4.18. The van der Waals surface area contributed by atoms with E-state index in [1.165, 1.54) is 26.2 Å². The van der Waals surface area contributed by atoms with E-state index in [4.69, 9.17) is 18.9 Å². The standard InChI is InChI=1S/C26H19NO7/c1-16(28)32-22-13-12-19(15-23(22)31-2)24-27-20(26(30)34-24)14-18-10-6-7-11-21(18)33-25(29)17-8-4-3-5-9-17/h3-15H,1-2H3/b20-14-. The second-order valence-electron chi connectivity index (χ2n) is 7.09. The molecule has 0 N–H and O–H groups in total. The van der Waals surface area contributed by atoms with Gasteiger partial charge in [-0.15, -0.1) is 0 Å². The molecule has 0 unspecified atom stereocenters. The number of esters is 3. The molecule has 0 amide bonds. The fourth-order valence-electron chi connectivity index (χ4n) is 3.15. The number of benzene rings is 3. The predicted molar refractivity (Wildman–Crippen MR) is 123 cm³/mol. The quantitative estimate of drug-likeness (QED) is 0.311. The molecule has 170 valence electrons. The number of methoxy groups -OCH3 is 1. The van der Waals surface area contributed by atoms with Gasteiger partial charge in [-0.2, -0.15) is 0 Å². The average Bonchev–Trinajstić information content (AvgIpc) is 3.20. The average molecular weight is 457 g/mol. The van der Waals surface area contributed by atoms with Crippen LogP contribution in [0.25, 0.3) is 6.08 Å². The van der Waals surface area contributed by atoms with Gasteiger partial charge in [0.25, 0.3) is 0 Å². The molecule has 0 atom stereocenters. The van der Waals surface area contributed by atoms with E-state index in [0.29, 0.717) is 16.7 Å². The highest BCUT2D eigenvalue weighted by Gasteiger charge is 2.26. The van der Waals surface area contributed by atoms with E-state index >= 15 is 0 Å². The van der Waals surface area contributed by atoms with Crippen molar-refractivity contribution in [3.63, 3.8) is 0 Å². The Morgan fingerprint density at radius 1 is 0.882 bits per heavy atom. The van der Waals surface area contributed by atoms with Crippen LogP contribution in [-0.4, -0.2) is 30.9 Å². The number of nitrogens with zero attached hydrogens (tertiary/aromatic N) is 1. The molecule has 0 aliphatic carbocycles. The number of para-hydroxylation sites is 1. The van der Waals surface area contributed by atoms with Crippen molar-refractivity contribution in [1.82, 2.24) is 0 Å². The lowest BCUT2D eigenvalue weighted by Crippen LogP contribution is -2.09. The Balaban J connectivity index is 1.61. The third kappa shape index (κ3) is 5.02. The Labute approximate surface area is 195 Å². The zero-order chi connectivity index (χ0) is 24.1. The van der Waals surface area contributed by atoms with Crippen LogP contribution in [0.5, 0.6) is 17.2 Å². The summed E-state index contributed by atoms with van der Waals surface area (Å²) in [6.07, 6.45) is 1.48. The number of hydrogen-bond acceptors (Lipinski definition) is 8. The Hall–Kier alpha value is -4.72. The number of ether oxygens (including phenoxy) is 4. The molecular formula is C26H19NO7. The lowest BCUT2D eigenvalue weighted by atomic mass is 10.1. The summed E-state index contributed by atoms with van der Waals surface area (Å²) < 4.78 is 21.2. The monoisotopic (exact) mass is 457 g/mol. The van der Waals surface area contributed by atoms with Gasteiger partial charge in [0.15, 0.2) is 17.2 Å². The molecule has 0 saturated heterocycles. The van der Waals surface area contributed by atoms with Crippen LogP contribution in [0.2, 0.25) is 0 Å². The summed E-state index contributed by atoms with van der Waals surface area (Å²) >= 11 is 0. The van der Waals surface area contributed by atoms with Crippen LogP contribution in [-0.2, 0) is 14.3 Å². The highest BCUT2D eigenvalue weighted by Crippen LogP contribution is 2.31. The molecule has 0 saturated carbocycles. The molecule has 1 aliphatic heterocycles. The first-order valence-electron chi connectivity index (χ1n) is 10.2. The zero-order valence-corrected chi connectivity index (χ0v) is 18.3. The number of rotatable bonds is 6. The van der Waals surface area contributed by atoms with Gasteiger partial charge in [-0.1, -0.05) is 36.4 Å². The number of carbonyl (C=O) groups is 3. The molecule has 0 bridgehead atoms. The zero-order valence-electron chi connectivity index (χ0n) is 18.3. The van der Waals surface area contributed by atoms with Crippen molar-refractivity contribution < 1.29 is 33.3 Å². The molecule has 0 radical (unpaired) electrons. The van der Waals surface area contributed by atoms with Crippen molar-refractivity contribution in [3.05, 3.63) is 95.2 Å². The third-order valence-corrected chi connectivity index (χ3v) is 4.71. The van der Waals surface area contributed by atoms with Crippen molar-refractivity contribution in [2.24, 2.45) is 4.99 Å². The minimum Gasteiger partial charge on any atom is -0.493 e. The van der Waals surface area contributed by atoms with Crippen LogP contribution in [0.4, 0.5) is 0 Å². The van der Waals surface area contributed by atoms with E-state index in [-0.39, 0.29) is 28.8 Å². The molecule has 0 aromatic heterocycles. The van der Waals surface area contributed by atoms with Gasteiger partial charge in [0.1, 0.15) is 5.75 Å². The molecular weight excluding hydrogens is 438 g/mol. The number of cyclic esters (lactones) is 1. The van der Waals surface area contributed by atoms with E-state index in [1.54, 1.807) is 66.7 Å². The first-order chi connectivity index (χ1) is 16.4. The minimum absolute atomic E-state index is 0.0289. The maximum Gasteiger partial charge on any atom is 0.363 e. The number of carbonyl (C=O) groups excluding carboxylic acids is 3. The molecule has 3 aromatic rings. The van der Waals surface area contributed by atoms with Crippen LogP contribution in [0.3, 0.4) is 0 Å². The molecule has 0 fully saturated rings. The molecule has 8 nitrogen and oxygen atoms in total. The molecule has 1 aliphatic rings. The Bertz CT molecular complexity index is 1330. The fourth-order valence-corrected chi connectivity index (χ4v) is 3.15. The van der Waals surface area contributed by atoms with Crippen molar-refractivity contribution in [3.8, 4) is 17.2 Å². The second kappa shape index (κ2) is 9.83. The van der Waals surface area contributed by atoms with Crippen LogP contribution in [0.15, 0.2) is 83.5 Å². The molecule has 3 aromatic carbocycles. The maximum atomic E-state index is 12.5. The van der Waals surface area contributed by atoms with Crippen molar-refractivity contribution in [2.75, 3.05) is 7.11 Å². The van der Waals surface area contributed by atoms with Crippen molar-refractivity contribution in [2.45, 2.75) is 6.92 Å². The van der Waals surface area contributed by atoms with Gasteiger partial charge in [0.2, 0.25) is 5.90 Å². The largest absolute Gasteiger partial charge is 0.493 e. The van der Waals surface area contributed by atoms with Crippen molar-refractivity contribution >= 4 is 29.9 Å². The summed E-state index contributed by atoms with van der Waals surface area (Å²) in [5, 5.41) is 0. The van der Waals surface area contributed by atoms with E-state index < -0.39 is 17.9 Å². The van der Waals surface area contributed by atoms with Crippen LogP contribution in [0, 0.1) is 0 Å². The summed E-state index contributed by atoms with van der Waals surface area (Å²) in [5.41, 5.74) is 1.36. The Morgan fingerprint density at radius 3 is 2.35 bits per heavy atom. The highest BCUT2D eigenvalue weighted by molar-refractivity contribution is 6.13. The van der Waals surface area contributed by atoms with Gasteiger partial charge >= 0.3 is 17.9 Å². The highest BCUT2D eigenvalue weighted by atomic mass is 16.6. The van der Waals surface area contributed by atoms with Crippen molar-refractivity contribution in [1.29, 1.82) is 0 Å². The lowest BCUT2D eigenvalue weighted by molar-refractivity contribution is -0.132. The van der Waals surface area contributed by atoms with E-state index in [2.05, 4.69) is 4.99 Å². The summed E-state index contributed by atoms with van der Waals surface area (Å²) in [5.74, 6) is -0.842. The Morgan fingerprint density at radius 2 is 1.62 bits per heavy atom. The first-order valence-corrected chi connectivity index (χ1v) is 10.2. The molecule has 34 heavy (non-hydrogen) atoms. The SMILES string of the molecule is COc1cc(C2=N/C(=C\c3ccccc3OC(=O)c3ccccc3)C(=O)O2)ccc1OC(C)=O. The van der Waals surface area contributed by atoms with Gasteiger partial charge in [0.05, 0.1) is 12.7 Å². The summed E-state index contributed by atoms with van der Waals surface area (Å²) in [6, 6.07) is 20.0. The summed E-state index contributed by atoms with van der Waals surface area (Å²) in [6.45, 7) is 1.28. The molecule has 4 rings (SSSR count). The van der Waals surface area contributed by atoms with Crippen LogP contribution in [0.1, 0.15) is 28.4 Å². The second-order valence-corrected chi connectivity index (χ2v) is 7.09. The van der Waals surface area contributed by atoms with E-state index in [0.717, 1.165) is 0 Å². The van der Waals surface area contributed by atoms with Gasteiger partial charge in [0, 0.05) is 18.1 Å². The topological polar surface area (TPSA) is 100 Å². The Kier molecular flexibility index (Phi) is 6.49. The van der Waals surface area contributed by atoms with E-state index in [9.17, 15) is 14.4 Å². The van der Waals surface area contributed by atoms with Crippen LogP contribution < -0.4 is 14.2 Å². The first kappa shape index (κ1) is 22.5. The lowest BCUT2D eigenvalue weighted by Gasteiger charge is -2.09. The maximum absolute atomic E-state index is 12.5. The van der Waals surface area contributed by atoms with E-state index in [1.807, 2.05) is 0 Å². The normalized spacial score (nSPS) is 13.8. The minimum atomic E-state index is -0.665. The smallest absolute Gasteiger partial charge is 0.363 e. The number of hydrogen-bond donors (Lipinski definition) is 0. The molecule has 1 heterocycles. The van der Waals surface area contributed by atoms with Crippen LogP contribution >= 0.6 is 0 Å². The van der Waals surface area contributed by atoms with Gasteiger partial charge in [-0.3, -0.25) is 4.79 Å². The van der Waals surface area contributed by atoms with Gasteiger partial charge in [-0.05, 0) is 42.5 Å². The fraction of sp³-hybridized carbons (Fsp3) is 0.0769. The summed E-state index contributed by atoms with van der Waals surface area (Å²) in [7, 11) is 1.42. The number of aliphatic imine (C=N–C) groups is 1. The molecule has 0 spiro atoms.